The topological polar surface area (TPSA) is 79.8 Å². The lowest BCUT2D eigenvalue weighted by atomic mass is 9.91. The standard InChI is InChI=1S/C20H22N4O2/c1-13-6-11-19(25)24(23-13)15-9-7-14(8-10-15)22-20(26)17-12-21-18-5-3-2-4-16(17)18/h2-6,11-12,14-15,21H,7-10H2,1H3,(H,22,26). The molecule has 1 aliphatic carbocycles. The van der Waals surface area contributed by atoms with Crippen LogP contribution in [0.4, 0.5) is 0 Å². The van der Waals surface area contributed by atoms with Gasteiger partial charge in [-0.05, 0) is 44.7 Å². The third-order valence-electron chi connectivity index (χ3n) is 5.17. The summed E-state index contributed by atoms with van der Waals surface area (Å²) >= 11 is 0. The van der Waals surface area contributed by atoms with E-state index in [4.69, 9.17) is 0 Å². The van der Waals surface area contributed by atoms with Gasteiger partial charge in [-0.15, -0.1) is 0 Å². The summed E-state index contributed by atoms with van der Waals surface area (Å²) in [7, 11) is 0. The first-order chi connectivity index (χ1) is 12.6. The van der Waals surface area contributed by atoms with E-state index in [0.717, 1.165) is 42.3 Å². The van der Waals surface area contributed by atoms with Gasteiger partial charge in [-0.2, -0.15) is 5.10 Å². The minimum atomic E-state index is -0.0538. The number of amides is 1. The summed E-state index contributed by atoms with van der Waals surface area (Å²) in [6.07, 6.45) is 5.15. The van der Waals surface area contributed by atoms with Crippen LogP contribution < -0.4 is 10.9 Å². The van der Waals surface area contributed by atoms with Crippen LogP contribution in [0.3, 0.4) is 0 Å². The number of aromatic nitrogens is 3. The number of rotatable bonds is 3. The van der Waals surface area contributed by atoms with Crippen LogP contribution in [0.5, 0.6) is 0 Å². The minimum Gasteiger partial charge on any atom is -0.360 e. The van der Waals surface area contributed by atoms with E-state index in [-0.39, 0.29) is 23.6 Å². The van der Waals surface area contributed by atoms with Gasteiger partial charge in [0.15, 0.2) is 0 Å². The quantitative estimate of drug-likeness (QED) is 0.762. The van der Waals surface area contributed by atoms with Gasteiger partial charge in [0.25, 0.3) is 11.5 Å². The Morgan fingerprint density at radius 2 is 1.92 bits per heavy atom. The summed E-state index contributed by atoms with van der Waals surface area (Å²) in [6, 6.07) is 11.4. The fraction of sp³-hybridized carbons (Fsp3) is 0.350. The first kappa shape index (κ1) is 16.6. The van der Waals surface area contributed by atoms with E-state index >= 15 is 0 Å². The molecule has 0 bridgehead atoms. The van der Waals surface area contributed by atoms with Gasteiger partial charge >= 0.3 is 0 Å². The molecule has 1 aromatic carbocycles. The Bertz CT molecular complexity index is 996. The fourth-order valence-corrected chi connectivity index (χ4v) is 3.77. The van der Waals surface area contributed by atoms with Crippen molar-refractivity contribution in [2.75, 3.05) is 0 Å². The van der Waals surface area contributed by atoms with Gasteiger partial charge in [0.05, 0.1) is 17.3 Å². The molecule has 2 heterocycles. The van der Waals surface area contributed by atoms with E-state index in [1.165, 1.54) is 0 Å². The number of aromatic amines is 1. The average molecular weight is 350 g/mol. The molecule has 6 heteroatoms. The lowest BCUT2D eigenvalue weighted by Crippen LogP contribution is -2.39. The SMILES string of the molecule is Cc1ccc(=O)n(C2CCC(NC(=O)c3c[nH]c4ccccc34)CC2)n1. The van der Waals surface area contributed by atoms with E-state index in [9.17, 15) is 9.59 Å². The Kier molecular flexibility index (Phi) is 4.32. The number of fused-ring (bicyclic) bond motifs is 1. The molecule has 4 rings (SSSR count). The number of carbonyl (C=O) groups is 1. The van der Waals surface area contributed by atoms with Crippen molar-refractivity contribution in [2.45, 2.75) is 44.7 Å². The highest BCUT2D eigenvalue weighted by molar-refractivity contribution is 6.06. The highest BCUT2D eigenvalue weighted by atomic mass is 16.2. The van der Waals surface area contributed by atoms with Gasteiger partial charge in [-0.1, -0.05) is 18.2 Å². The van der Waals surface area contributed by atoms with E-state index in [2.05, 4.69) is 15.4 Å². The molecule has 1 amide bonds. The number of nitrogens with zero attached hydrogens (tertiary/aromatic N) is 2. The minimum absolute atomic E-state index is 0.0447. The van der Waals surface area contributed by atoms with Crippen LogP contribution in [-0.2, 0) is 0 Å². The zero-order valence-electron chi connectivity index (χ0n) is 14.7. The maximum atomic E-state index is 12.6. The molecular formula is C20H22N4O2. The van der Waals surface area contributed by atoms with Gasteiger partial charge in [0, 0.05) is 29.2 Å². The number of aryl methyl sites for hydroxylation is 1. The van der Waals surface area contributed by atoms with Crippen LogP contribution in [0, 0.1) is 6.92 Å². The Morgan fingerprint density at radius 1 is 1.15 bits per heavy atom. The molecule has 1 saturated carbocycles. The second-order valence-electron chi connectivity index (χ2n) is 6.98. The third-order valence-corrected chi connectivity index (χ3v) is 5.17. The van der Waals surface area contributed by atoms with Gasteiger partial charge in [-0.25, -0.2) is 4.68 Å². The molecule has 0 saturated heterocycles. The molecule has 2 N–H and O–H groups in total. The molecular weight excluding hydrogens is 328 g/mol. The summed E-state index contributed by atoms with van der Waals surface area (Å²) in [6.45, 7) is 1.89. The van der Waals surface area contributed by atoms with Crippen LogP contribution in [0.15, 0.2) is 47.4 Å². The Balaban J connectivity index is 1.41. The van der Waals surface area contributed by atoms with E-state index in [1.54, 1.807) is 23.0 Å². The van der Waals surface area contributed by atoms with Crippen LogP contribution in [0.1, 0.15) is 47.8 Å². The second-order valence-corrected chi connectivity index (χ2v) is 6.98. The molecule has 0 atom stereocenters. The number of nitrogens with one attached hydrogen (secondary N) is 2. The van der Waals surface area contributed by atoms with Crippen molar-refractivity contribution in [3.05, 3.63) is 64.2 Å². The maximum Gasteiger partial charge on any atom is 0.267 e. The van der Waals surface area contributed by atoms with Crippen LogP contribution >= 0.6 is 0 Å². The Morgan fingerprint density at radius 3 is 2.73 bits per heavy atom. The fourth-order valence-electron chi connectivity index (χ4n) is 3.77. The van der Waals surface area contributed by atoms with Crippen LogP contribution in [0.2, 0.25) is 0 Å². The number of hydrogen-bond donors (Lipinski definition) is 2. The van der Waals surface area contributed by atoms with Gasteiger partial charge in [0.2, 0.25) is 0 Å². The van der Waals surface area contributed by atoms with Crippen LogP contribution in [0.25, 0.3) is 10.9 Å². The molecule has 3 aromatic rings. The molecule has 2 aromatic heterocycles. The van der Waals surface area contributed by atoms with Gasteiger partial charge in [-0.3, -0.25) is 9.59 Å². The molecule has 0 radical (unpaired) electrons. The first-order valence-electron chi connectivity index (χ1n) is 9.05. The molecule has 6 nitrogen and oxygen atoms in total. The predicted molar refractivity (Wildman–Crippen MR) is 100 cm³/mol. The number of H-pyrrole nitrogens is 1. The normalized spacial score (nSPS) is 20.2. The molecule has 0 unspecified atom stereocenters. The van der Waals surface area contributed by atoms with E-state index in [1.807, 2.05) is 31.2 Å². The summed E-state index contributed by atoms with van der Waals surface area (Å²) in [5, 5.41) is 8.45. The molecule has 26 heavy (non-hydrogen) atoms. The number of hydrogen-bond acceptors (Lipinski definition) is 3. The number of para-hydroxylation sites is 1. The van der Waals surface area contributed by atoms with Crippen molar-refractivity contribution in [1.82, 2.24) is 20.1 Å². The van der Waals surface area contributed by atoms with E-state index in [0.29, 0.717) is 5.56 Å². The molecule has 134 valence electrons. The summed E-state index contributed by atoms with van der Waals surface area (Å²) in [5.74, 6) is -0.0447. The van der Waals surface area contributed by atoms with Crippen molar-refractivity contribution >= 4 is 16.8 Å². The van der Waals surface area contributed by atoms with Crippen molar-refractivity contribution in [3.8, 4) is 0 Å². The first-order valence-corrected chi connectivity index (χ1v) is 9.05. The predicted octanol–water partition coefficient (Wildman–Crippen LogP) is 2.95. The monoisotopic (exact) mass is 350 g/mol. The molecule has 0 spiro atoms. The van der Waals surface area contributed by atoms with Gasteiger partial charge < -0.3 is 10.3 Å². The zero-order chi connectivity index (χ0) is 18.1. The largest absolute Gasteiger partial charge is 0.360 e. The van der Waals surface area contributed by atoms with Crippen LogP contribution in [-0.4, -0.2) is 26.7 Å². The maximum absolute atomic E-state index is 12.6. The lowest BCUT2D eigenvalue weighted by Gasteiger charge is -2.29. The van der Waals surface area contributed by atoms with Gasteiger partial charge in [0.1, 0.15) is 0 Å². The Labute approximate surface area is 151 Å². The van der Waals surface area contributed by atoms with E-state index < -0.39 is 0 Å². The molecule has 1 fully saturated rings. The second kappa shape index (κ2) is 6.78. The lowest BCUT2D eigenvalue weighted by molar-refractivity contribution is 0.0923. The molecule has 1 aliphatic rings. The summed E-state index contributed by atoms with van der Waals surface area (Å²) < 4.78 is 1.60. The highest BCUT2D eigenvalue weighted by Gasteiger charge is 2.25. The summed E-state index contributed by atoms with van der Waals surface area (Å²) in [4.78, 5) is 27.8. The highest BCUT2D eigenvalue weighted by Crippen LogP contribution is 2.27. The number of carbonyl (C=O) groups excluding carboxylic acids is 1. The molecule has 0 aliphatic heterocycles. The van der Waals surface area contributed by atoms with Crippen molar-refractivity contribution < 1.29 is 4.79 Å². The average Bonchev–Trinajstić information content (AvgIpc) is 3.09. The summed E-state index contributed by atoms with van der Waals surface area (Å²) in [5.41, 5.74) is 2.44. The number of benzene rings is 1. The van der Waals surface area contributed by atoms with Crippen molar-refractivity contribution in [2.24, 2.45) is 0 Å². The zero-order valence-corrected chi connectivity index (χ0v) is 14.7. The van der Waals surface area contributed by atoms with Crippen molar-refractivity contribution in [3.63, 3.8) is 0 Å². The smallest absolute Gasteiger partial charge is 0.267 e. The Hall–Kier alpha value is -2.89. The van der Waals surface area contributed by atoms with Crippen molar-refractivity contribution in [1.29, 1.82) is 0 Å². The third kappa shape index (κ3) is 3.14.